The van der Waals surface area contributed by atoms with Crippen LogP contribution in [0.2, 0.25) is 0 Å². The summed E-state index contributed by atoms with van der Waals surface area (Å²) >= 11 is 0. The molecule has 1 spiro atoms. The molecule has 2 aliphatic carbocycles. The summed E-state index contributed by atoms with van der Waals surface area (Å²) in [5.74, 6) is 0.0129. The highest BCUT2D eigenvalue weighted by Gasteiger charge is 2.57. The first kappa shape index (κ1) is 25.3. The molecule has 1 N–H and O–H groups in total. The molecule has 5 rings (SSSR count). The summed E-state index contributed by atoms with van der Waals surface area (Å²) in [6, 6.07) is 5.03. The molecule has 1 aromatic rings. The van der Waals surface area contributed by atoms with Crippen LogP contribution in [-0.2, 0) is 25.2 Å². The van der Waals surface area contributed by atoms with Crippen LogP contribution in [0.15, 0.2) is 24.3 Å². The number of ether oxygens (including phenoxy) is 3. The first-order valence-corrected chi connectivity index (χ1v) is 12.7. The summed E-state index contributed by atoms with van der Waals surface area (Å²) < 4.78 is 55.5. The number of carbonyl (C=O) groups excluding carboxylic acids is 2. The number of hydrogen-bond donors (Lipinski definition) is 1. The Morgan fingerprint density at radius 3 is 2.53 bits per heavy atom. The Bertz CT molecular complexity index is 980. The van der Waals surface area contributed by atoms with Gasteiger partial charge in [-0.2, -0.15) is 13.2 Å². The van der Waals surface area contributed by atoms with Crippen LogP contribution >= 0.6 is 0 Å². The minimum atomic E-state index is -4.43. The van der Waals surface area contributed by atoms with E-state index in [9.17, 15) is 22.8 Å². The van der Waals surface area contributed by atoms with E-state index in [0.717, 1.165) is 37.8 Å². The molecule has 36 heavy (non-hydrogen) atoms. The minimum Gasteiger partial charge on any atom is -0.489 e. The fraction of sp³-hybridized carbons (Fsp3) is 0.692. The van der Waals surface area contributed by atoms with Gasteiger partial charge in [0, 0.05) is 32.3 Å². The van der Waals surface area contributed by atoms with Crippen molar-refractivity contribution in [3.05, 3.63) is 29.8 Å². The largest absolute Gasteiger partial charge is 0.489 e. The number of nitrogens with zero attached hydrogens (tertiary/aromatic N) is 1. The van der Waals surface area contributed by atoms with Crippen molar-refractivity contribution in [1.82, 2.24) is 10.2 Å². The van der Waals surface area contributed by atoms with Crippen LogP contribution in [-0.4, -0.2) is 67.9 Å². The molecule has 0 bridgehead atoms. The van der Waals surface area contributed by atoms with Crippen molar-refractivity contribution in [2.75, 3.05) is 33.4 Å². The number of rotatable bonds is 6. The second-order valence-electron chi connectivity index (χ2n) is 10.9. The van der Waals surface area contributed by atoms with E-state index >= 15 is 0 Å². The third-order valence-corrected chi connectivity index (χ3v) is 8.54. The number of nitrogens with one attached hydrogen (secondary N) is 1. The molecule has 2 saturated carbocycles. The lowest BCUT2D eigenvalue weighted by Crippen LogP contribution is -2.65. The van der Waals surface area contributed by atoms with Gasteiger partial charge in [0.2, 0.25) is 5.91 Å². The van der Waals surface area contributed by atoms with Gasteiger partial charge in [0.1, 0.15) is 17.4 Å². The zero-order valence-corrected chi connectivity index (χ0v) is 20.4. The Balaban J connectivity index is 1.19. The number of halogens is 3. The molecule has 10 heteroatoms. The summed E-state index contributed by atoms with van der Waals surface area (Å²) in [4.78, 5) is 27.5. The van der Waals surface area contributed by atoms with Crippen LogP contribution < -0.4 is 10.1 Å². The number of likely N-dealkylation sites (tertiary alicyclic amines) is 1. The van der Waals surface area contributed by atoms with E-state index in [0.29, 0.717) is 45.6 Å². The summed E-state index contributed by atoms with van der Waals surface area (Å²) in [5.41, 5.74) is -1.30. The molecule has 2 saturated heterocycles. The number of esters is 1. The third kappa shape index (κ3) is 4.81. The number of methoxy groups -OCH3 is 1. The number of benzene rings is 1. The molecule has 1 atom stereocenters. The maximum atomic E-state index is 13.6. The van der Waals surface area contributed by atoms with Gasteiger partial charge in [-0.1, -0.05) is 6.07 Å². The quantitative estimate of drug-likeness (QED) is 0.590. The Hall–Kier alpha value is -2.33. The molecule has 4 aliphatic rings. The standard InChI is InChI=1S/C26H33F3N2O5/c1-34-22(32)17-12-24(13-17)14-19(15-24)30-23(33)25(6-9-35-10-7-25)31-8-5-21(16-31)36-20-4-2-3-18(11-20)26(27,28)29/h2-4,11,17,19,21H,5-10,12-16H2,1H3,(H,30,33)/t17?,19?,21-,24?/m1/s1. The fourth-order valence-electron chi connectivity index (χ4n) is 6.61. The maximum Gasteiger partial charge on any atom is 0.416 e. The topological polar surface area (TPSA) is 77.1 Å². The molecular formula is C26H33F3N2O5. The predicted octanol–water partition coefficient (Wildman–Crippen LogP) is 3.56. The highest BCUT2D eigenvalue weighted by Crippen LogP contribution is 2.59. The second-order valence-corrected chi connectivity index (χ2v) is 10.9. The molecule has 198 valence electrons. The normalized spacial score (nSPS) is 31.8. The number of amides is 1. The number of hydrogen-bond acceptors (Lipinski definition) is 6. The highest BCUT2D eigenvalue weighted by atomic mass is 19.4. The lowest BCUT2D eigenvalue weighted by atomic mass is 9.50. The van der Waals surface area contributed by atoms with Crippen LogP contribution in [0.3, 0.4) is 0 Å². The number of carbonyl (C=O) groups is 2. The Kier molecular flexibility index (Phi) is 6.70. The van der Waals surface area contributed by atoms with E-state index in [2.05, 4.69) is 10.2 Å². The maximum absolute atomic E-state index is 13.6. The van der Waals surface area contributed by atoms with E-state index in [4.69, 9.17) is 14.2 Å². The lowest BCUT2D eigenvalue weighted by Gasteiger charge is -2.57. The number of alkyl halides is 3. The molecule has 1 amide bonds. The van der Waals surface area contributed by atoms with E-state index < -0.39 is 17.3 Å². The molecule has 2 aliphatic heterocycles. The van der Waals surface area contributed by atoms with Crippen molar-refractivity contribution in [3.63, 3.8) is 0 Å². The average Bonchev–Trinajstić information content (AvgIpc) is 3.28. The van der Waals surface area contributed by atoms with Gasteiger partial charge in [0.25, 0.3) is 0 Å². The van der Waals surface area contributed by atoms with Crippen LogP contribution in [0.5, 0.6) is 5.75 Å². The molecule has 0 radical (unpaired) electrons. The molecule has 1 aromatic carbocycles. The first-order chi connectivity index (χ1) is 17.1. The Morgan fingerprint density at radius 2 is 1.86 bits per heavy atom. The molecule has 7 nitrogen and oxygen atoms in total. The first-order valence-electron chi connectivity index (χ1n) is 12.7. The van der Waals surface area contributed by atoms with Gasteiger partial charge in [0.05, 0.1) is 18.6 Å². The molecular weight excluding hydrogens is 477 g/mol. The van der Waals surface area contributed by atoms with Gasteiger partial charge in [-0.15, -0.1) is 0 Å². The van der Waals surface area contributed by atoms with Crippen molar-refractivity contribution >= 4 is 11.9 Å². The van der Waals surface area contributed by atoms with Gasteiger partial charge in [0.15, 0.2) is 0 Å². The summed E-state index contributed by atoms with van der Waals surface area (Å²) in [5, 5.41) is 3.26. The zero-order valence-electron chi connectivity index (χ0n) is 20.4. The van der Waals surface area contributed by atoms with E-state index in [1.807, 2.05) is 0 Å². The van der Waals surface area contributed by atoms with E-state index in [1.165, 1.54) is 19.2 Å². The smallest absolute Gasteiger partial charge is 0.416 e. The van der Waals surface area contributed by atoms with Gasteiger partial charge in [-0.05, 0) is 68.6 Å². The SMILES string of the molecule is COC(=O)C1CC2(CC(NC(=O)C3(N4CC[C@@H](Oc5cccc(C(F)(F)F)c5)C4)CCOCC3)C2)C1. The van der Waals surface area contributed by atoms with Gasteiger partial charge >= 0.3 is 12.1 Å². The molecule has 0 unspecified atom stereocenters. The predicted molar refractivity (Wildman–Crippen MR) is 123 cm³/mol. The Morgan fingerprint density at radius 1 is 1.14 bits per heavy atom. The molecule has 4 fully saturated rings. The molecule has 2 heterocycles. The van der Waals surface area contributed by atoms with Crippen molar-refractivity contribution in [3.8, 4) is 5.75 Å². The second kappa shape index (κ2) is 9.52. The van der Waals surface area contributed by atoms with Gasteiger partial charge in [-0.3, -0.25) is 14.5 Å². The van der Waals surface area contributed by atoms with Crippen LogP contribution in [0.1, 0.15) is 50.5 Å². The van der Waals surface area contributed by atoms with Crippen LogP contribution in [0.25, 0.3) is 0 Å². The van der Waals surface area contributed by atoms with Gasteiger partial charge in [-0.25, -0.2) is 0 Å². The van der Waals surface area contributed by atoms with E-state index in [1.54, 1.807) is 0 Å². The van der Waals surface area contributed by atoms with Crippen LogP contribution in [0, 0.1) is 11.3 Å². The summed E-state index contributed by atoms with van der Waals surface area (Å²) in [6.07, 6.45) is 0.448. The van der Waals surface area contributed by atoms with Crippen molar-refractivity contribution in [2.24, 2.45) is 11.3 Å². The highest BCUT2D eigenvalue weighted by molar-refractivity contribution is 5.87. The van der Waals surface area contributed by atoms with Crippen molar-refractivity contribution in [2.45, 2.75) is 68.8 Å². The lowest BCUT2D eigenvalue weighted by molar-refractivity contribution is -0.161. The summed E-state index contributed by atoms with van der Waals surface area (Å²) in [7, 11) is 1.41. The molecule has 0 aromatic heterocycles. The zero-order chi connectivity index (χ0) is 25.6. The third-order valence-electron chi connectivity index (χ3n) is 8.54. The van der Waals surface area contributed by atoms with Gasteiger partial charge < -0.3 is 19.5 Å². The Labute approximate surface area is 208 Å². The summed E-state index contributed by atoms with van der Waals surface area (Å²) in [6.45, 7) is 2.07. The van der Waals surface area contributed by atoms with Crippen molar-refractivity contribution < 1.29 is 37.0 Å². The van der Waals surface area contributed by atoms with Crippen molar-refractivity contribution in [1.29, 1.82) is 0 Å². The van der Waals surface area contributed by atoms with E-state index in [-0.39, 0.29) is 41.1 Å². The average molecular weight is 511 g/mol. The monoisotopic (exact) mass is 510 g/mol. The minimum absolute atomic E-state index is 0.00536. The van der Waals surface area contributed by atoms with Crippen LogP contribution in [0.4, 0.5) is 13.2 Å². The fourth-order valence-corrected chi connectivity index (χ4v) is 6.61.